The molecule has 1 amide bonds. The second-order valence-electron chi connectivity index (χ2n) is 9.33. The highest BCUT2D eigenvalue weighted by molar-refractivity contribution is 5.96. The molecule has 0 N–H and O–H groups in total. The Morgan fingerprint density at radius 3 is 2.48 bits per heavy atom. The van der Waals surface area contributed by atoms with Crippen molar-refractivity contribution < 1.29 is 14.3 Å². The number of likely N-dealkylation sites (tertiary alicyclic amines) is 1. The summed E-state index contributed by atoms with van der Waals surface area (Å²) in [4.78, 5) is 22.5. The molecule has 0 radical (unpaired) electrons. The third kappa shape index (κ3) is 5.43. The van der Waals surface area contributed by atoms with Crippen LogP contribution in [0.25, 0.3) is 15.6 Å². The molecule has 170 valence electrons. The average Bonchev–Trinajstić information content (AvgIpc) is 2.81. The van der Waals surface area contributed by atoms with Gasteiger partial charge in [0.2, 0.25) is 5.88 Å². The van der Waals surface area contributed by atoms with E-state index < -0.39 is 5.60 Å². The van der Waals surface area contributed by atoms with Crippen LogP contribution in [-0.4, -0.2) is 34.7 Å². The molecule has 4 rings (SSSR count). The molecule has 1 fully saturated rings. The monoisotopic (exact) mass is 443 g/mol. The number of carbonyl (C=O) groups excluding carboxylic acids is 1. The van der Waals surface area contributed by atoms with Gasteiger partial charge in [-0.25, -0.2) is 14.6 Å². The zero-order valence-electron chi connectivity index (χ0n) is 19.4. The SMILES string of the molecule is [C-]#[N+]c1ccc(COc2cccc(C3CCN(C(=O)OC(C)(C)C)CC3)n2)c2ccccc12. The van der Waals surface area contributed by atoms with Gasteiger partial charge in [0.25, 0.3) is 0 Å². The van der Waals surface area contributed by atoms with Crippen LogP contribution >= 0.6 is 0 Å². The molecule has 1 aliphatic heterocycles. The van der Waals surface area contributed by atoms with Crippen LogP contribution in [0.1, 0.15) is 50.8 Å². The Morgan fingerprint density at radius 1 is 1.06 bits per heavy atom. The lowest BCUT2D eigenvalue weighted by Gasteiger charge is -2.33. The van der Waals surface area contributed by atoms with Crippen LogP contribution in [0.15, 0.2) is 54.6 Å². The van der Waals surface area contributed by atoms with E-state index in [2.05, 4.69) is 4.85 Å². The van der Waals surface area contributed by atoms with E-state index in [0.29, 0.717) is 31.3 Å². The maximum absolute atomic E-state index is 12.3. The molecule has 0 saturated carbocycles. The van der Waals surface area contributed by atoms with Crippen LogP contribution in [-0.2, 0) is 11.3 Å². The summed E-state index contributed by atoms with van der Waals surface area (Å²) in [6.45, 7) is 14.7. The van der Waals surface area contributed by atoms with Crippen LogP contribution in [0.3, 0.4) is 0 Å². The lowest BCUT2D eigenvalue weighted by atomic mass is 9.93. The van der Waals surface area contributed by atoms with Crippen molar-refractivity contribution in [3.8, 4) is 5.88 Å². The number of amides is 1. The van der Waals surface area contributed by atoms with Gasteiger partial charge in [0.15, 0.2) is 5.69 Å². The maximum Gasteiger partial charge on any atom is 0.410 e. The first-order valence-electron chi connectivity index (χ1n) is 11.3. The van der Waals surface area contributed by atoms with Gasteiger partial charge in [-0.3, -0.25) is 0 Å². The third-order valence-electron chi connectivity index (χ3n) is 5.80. The first-order valence-corrected chi connectivity index (χ1v) is 11.3. The van der Waals surface area contributed by atoms with Crippen LogP contribution < -0.4 is 4.74 Å². The quantitative estimate of drug-likeness (QED) is 0.433. The molecule has 0 unspecified atom stereocenters. The van der Waals surface area contributed by atoms with Crippen molar-refractivity contribution >= 4 is 22.6 Å². The number of carbonyl (C=O) groups is 1. The molecular weight excluding hydrogens is 414 g/mol. The van der Waals surface area contributed by atoms with Gasteiger partial charge < -0.3 is 14.4 Å². The number of aromatic nitrogens is 1. The first kappa shape index (κ1) is 22.6. The summed E-state index contributed by atoms with van der Waals surface area (Å²) in [7, 11) is 0. The summed E-state index contributed by atoms with van der Waals surface area (Å²) in [6, 6.07) is 17.6. The molecule has 0 aliphatic carbocycles. The smallest absolute Gasteiger partial charge is 0.410 e. The van der Waals surface area contributed by atoms with Crippen molar-refractivity contribution in [1.82, 2.24) is 9.88 Å². The van der Waals surface area contributed by atoms with E-state index in [1.165, 1.54) is 0 Å². The van der Waals surface area contributed by atoms with Crippen molar-refractivity contribution in [3.63, 3.8) is 0 Å². The fourth-order valence-corrected chi connectivity index (χ4v) is 4.14. The second-order valence-corrected chi connectivity index (χ2v) is 9.33. The highest BCUT2D eigenvalue weighted by atomic mass is 16.6. The zero-order chi connectivity index (χ0) is 23.4. The molecule has 6 nitrogen and oxygen atoms in total. The molecule has 0 atom stereocenters. The Kier molecular flexibility index (Phi) is 6.50. The topological polar surface area (TPSA) is 56.0 Å². The van der Waals surface area contributed by atoms with Gasteiger partial charge in [-0.05, 0) is 56.0 Å². The van der Waals surface area contributed by atoms with Gasteiger partial charge in [0.05, 0.1) is 6.57 Å². The van der Waals surface area contributed by atoms with E-state index in [1.54, 1.807) is 4.90 Å². The Morgan fingerprint density at radius 2 is 1.79 bits per heavy atom. The van der Waals surface area contributed by atoms with E-state index in [9.17, 15) is 4.79 Å². The molecule has 1 aliphatic rings. The van der Waals surface area contributed by atoms with Crippen LogP contribution in [0, 0.1) is 6.57 Å². The molecule has 1 aromatic heterocycles. The Bertz CT molecular complexity index is 1190. The summed E-state index contributed by atoms with van der Waals surface area (Å²) >= 11 is 0. The molecule has 33 heavy (non-hydrogen) atoms. The Hall–Kier alpha value is -3.59. The van der Waals surface area contributed by atoms with E-state index in [0.717, 1.165) is 34.9 Å². The predicted molar refractivity (Wildman–Crippen MR) is 129 cm³/mol. The minimum atomic E-state index is -0.483. The van der Waals surface area contributed by atoms with E-state index in [1.807, 2.05) is 75.4 Å². The van der Waals surface area contributed by atoms with E-state index in [4.69, 9.17) is 21.0 Å². The number of nitrogens with zero attached hydrogens (tertiary/aromatic N) is 3. The van der Waals surface area contributed by atoms with Gasteiger partial charge in [-0.1, -0.05) is 42.5 Å². The number of ether oxygens (including phenoxy) is 2. The van der Waals surface area contributed by atoms with Crippen LogP contribution in [0.5, 0.6) is 5.88 Å². The number of fused-ring (bicyclic) bond motifs is 1. The highest BCUT2D eigenvalue weighted by Crippen LogP contribution is 2.31. The van der Waals surface area contributed by atoms with Gasteiger partial charge >= 0.3 is 6.09 Å². The fraction of sp³-hybridized carbons (Fsp3) is 0.370. The number of hydrogen-bond acceptors (Lipinski definition) is 4. The molecule has 6 heteroatoms. The second kappa shape index (κ2) is 9.50. The molecule has 0 spiro atoms. The van der Waals surface area contributed by atoms with Crippen molar-refractivity contribution in [2.45, 2.75) is 51.7 Å². The predicted octanol–water partition coefficient (Wildman–Crippen LogP) is 6.48. The molecule has 2 heterocycles. The lowest BCUT2D eigenvalue weighted by molar-refractivity contribution is 0.0204. The molecule has 2 aromatic carbocycles. The minimum Gasteiger partial charge on any atom is -0.473 e. The molecule has 1 saturated heterocycles. The van der Waals surface area contributed by atoms with Crippen molar-refractivity contribution in [2.24, 2.45) is 0 Å². The summed E-state index contributed by atoms with van der Waals surface area (Å²) in [6.07, 6.45) is 1.44. The maximum atomic E-state index is 12.3. The summed E-state index contributed by atoms with van der Waals surface area (Å²) in [5.41, 5.74) is 2.18. The lowest BCUT2D eigenvalue weighted by Crippen LogP contribution is -2.41. The number of benzene rings is 2. The third-order valence-corrected chi connectivity index (χ3v) is 5.80. The average molecular weight is 444 g/mol. The van der Waals surface area contributed by atoms with Gasteiger partial charge in [-0.15, -0.1) is 0 Å². The van der Waals surface area contributed by atoms with Crippen molar-refractivity contribution in [2.75, 3.05) is 13.1 Å². The summed E-state index contributed by atoms with van der Waals surface area (Å²) < 4.78 is 11.5. The first-order chi connectivity index (χ1) is 15.8. The van der Waals surface area contributed by atoms with E-state index in [-0.39, 0.29) is 12.0 Å². The summed E-state index contributed by atoms with van der Waals surface area (Å²) in [5.74, 6) is 0.867. The Labute approximate surface area is 195 Å². The Balaban J connectivity index is 1.40. The minimum absolute atomic E-state index is 0.248. The highest BCUT2D eigenvalue weighted by Gasteiger charge is 2.28. The largest absolute Gasteiger partial charge is 0.473 e. The number of hydrogen-bond donors (Lipinski definition) is 0. The zero-order valence-corrected chi connectivity index (χ0v) is 19.4. The van der Waals surface area contributed by atoms with Crippen molar-refractivity contribution in [3.05, 3.63) is 77.3 Å². The van der Waals surface area contributed by atoms with Crippen LogP contribution in [0.2, 0.25) is 0 Å². The summed E-state index contributed by atoms with van der Waals surface area (Å²) in [5, 5.41) is 1.96. The molecule has 0 bridgehead atoms. The number of pyridine rings is 1. The number of rotatable bonds is 4. The molecular formula is C27H29N3O3. The van der Waals surface area contributed by atoms with E-state index >= 15 is 0 Å². The van der Waals surface area contributed by atoms with Crippen molar-refractivity contribution in [1.29, 1.82) is 0 Å². The number of piperidine rings is 1. The van der Waals surface area contributed by atoms with Gasteiger partial charge in [0.1, 0.15) is 12.2 Å². The van der Waals surface area contributed by atoms with Crippen LogP contribution in [0.4, 0.5) is 10.5 Å². The fourth-order valence-electron chi connectivity index (χ4n) is 4.14. The van der Waals surface area contributed by atoms with Gasteiger partial charge in [0, 0.05) is 30.8 Å². The van der Waals surface area contributed by atoms with Gasteiger partial charge in [-0.2, -0.15) is 0 Å². The molecule has 3 aromatic rings. The standard InChI is InChI=1S/C27H29N3O3/c1-27(2,3)33-26(31)30-16-14-19(15-17-30)23-10-7-11-25(29-23)32-18-20-12-13-24(28-4)22-9-6-5-8-21(20)22/h5-13,19H,14-18H2,1-3H3. The normalized spacial score (nSPS) is 14.7.